The van der Waals surface area contributed by atoms with Crippen molar-refractivity contribution in [2.45, 2.75) is 33.1 Å². The molecule has 1 nitrogen and oxygen atoms in total. The highest BCUT2D eigenvalue weighted by Gasteiger charge is 2.24. The third-order valence-electron chi connectivity index (χ3n) is 2.52. The minimum atomic E-state index is 0.428. The molecule has 0 aliphatic heterocycles. The van der Waals surface area contributed by atoms with Crippen LogP contribution in [-0.4, -0.2) is 23.9 Å². The minimum Gasteiger partial charge on any atom is -0.382 e. The Kier molecular flexibility index (Phi) is 8.83. The Balaban J connectivity index is 3.68. The molecule has 0 aliphatic carbocycles. The molecule has 0 aromatic carbocycles. The van der Waals surface area contributed by atoms with Crippen LogP contribution in [-0.2, 0) is 4.74 Å². The lowest BCUT2D eigenvalue weighted by Gasteiger charge is -2.28. The molecule has 0 fully saturated rings. The number of hydrogen-bond donors (Lipinski definition) is 0. The summed E-state index contributed by atoms with van der Waals surface area (Å²) in [4.78, 5) is 0. The van der Waals surface area contributed by atoms with Crippen molar-refractivity contribution in [1.82, 2.24) is 0 Å². The number of hydrogen-bond acceptors (Lipinski definition) is 1. The number of rotatable bonds is 8. The predicted octanol–water partition coefficient (Wildman–Crippen LogP) is 3.99. The first-order valence-electron chi connectivity index (χ1n) is 4.94. The molecule has 0 radical (unpaired) electrons. The van der Waals surface area contributed by atoms with E-state index in [9.17, 15) is 0 Å². The third kappa shape index (κ3) is 5.38. The summed E-state index contributed by atoms with van der Waals surface area (Å²) in [5, 5.41) is 2.15. The van der Waals surface area contributed by atoms with Crippen LogP contribution in [0.5, 0.6) is 0 Å². The van der Waals surface area contributed by atoms with Gasteiger partial charge in [-0.25, -0.2) is 0 Å². The zero-order valence-corrected chi connectivity index (χ0v) is 11.8. The van der Waals surface area contributed by atoms with E-state index >= 15 is 0 Å². The first kappa shape index (κ1) is 13.9. The number of alkyl halides is 2. The summed E-state index contributed by atoms with van der Waals surface area (Å²) in [6.07, 6.45) is 3.62. The van der Waals surface area contributed by atoms with Gasteiger partial charge >= 0.3 is 0 Å². The van der Waals surface area contributed by atoms with Crippen LogP contribution in [0.1, 0.15) is 33.1 Å². The summed E-state index contributed by atoms with van der Waals surface area (Å²) < 4.78 is 5.33. The van der Waals surface area contributed by atoms with E-state index < -0.39 is 0 Å². The molecular weight excluding hydrogens is 296 g/mol. The van der Waals surface area contributed by atoms with Gasteiger partial charge in [0.2, 0.25) is 0 Å². The molecule has 0 saturated carbocycles. The van der Waals surface area contributed by atoms with Gasteiger partial charge in [-0.2, -0.15) is 0 Å². The molecule has 0 aromatic rings. The Bertz CT molecular complexity index is 105. The quantitative estimate of drug-likeness (QED) is 0.486. The maximum atomic E-state index is 5.33. The van der Waals surface area contributed by atoms with Crippen molar-refractivity contribution in [1.29, 1.82) is 0 Å². The fourth-order valence-corrected chi connectivity index (χ4v) is 3.51. The highest BCUT2D eigenvalue weighted by Crippen LogP contribution is 2.32. The fourth-order valence-electron chi connectivity index (χ4n) is 1.23. The van der Waals surface area contributed by atoms with Gasteiger partial charge in [-0.15, -0.1) is 0 Å². The third-order valence-corrected chi connectivity index (χ3v) is 4.90. The first-order valence-corrected chi connectivity index (χ1v) is 7.18. The van der Waals surface area contributed by atoms with Crippen molar-refractivity contribution in [3.63, 3.8) is 0 Å². The van der Waals surface area contributed by atoms with Crippen LogP contribution in [0, 0.1) is 5.41 Å². The maximum Gasteiger partial charge on any atom is 0.0466 e. The zero-order chi connectivity index (χ0) is 10.2. The van der Waals surface area contributed by atoms with Crippen LogP contribution in [0.4, 0.5) is 0 Å². The van der Waals surface area contributed by atoms with Gasteiger partial charge < -0.3 is 4.74 Å². The van der Waals surface area contributed by atoms with Gasteiger partial charge in [0.1, 0.15) is 0 Å². The summed E-state index contributed by atoms with van der Waals surface area (Å²) >= 11 is 7.18. The first-order chi connectivity index (χ1) is 6.24. The Morgan fingerprint density at radius 1 is 1.15 bits per heavy atom. The van der Waals surface area contributed by atoms with Gasteiger partial charge in [0, 0.05) is 23.9 Å². The van der Waals surface area contributed by atoms with Gasteiger partial charge in [-0.1, -0.05) is 38.8 Å². The normalized spacial score (nSPS) is 12.0. The Morgan fingerprint density at radius 3 is 2.15 bits per heavy atom. The second-order valence-corrected chi connectivity index (χ2v) is 4.54. The summed E-state index contributed by atoms with van der Waals surface area (Å²) in [6, 6.07) is 0. The largest absolute Gasteiger partial charge is 0.382 e. The van der Waals surface area contributed by atoms with Crippen molar-refractivity contribution in [2.75, 3.05) is 23.9 Å². The van der Waals surface area contributed by atoms with Gasteiger partial charge in [-0.05, 0) is 31.6 Å². The monoisotopic (exact) mass is 314 g/mol. The molecule has 0 atom stereocenters. The van der Waals surface area contributed by atoms with E-state index in [0.717, 1.165) is 23.9 Å². The van der Waals surface area contributed by atoms with Crippen LogP contribution in [0.25, 0.3) is 0 Å². The van der Waals surface area contributed by atoms with E-state index in [2.05, 4.69) is 38.8 Å². The molecule has 0 aliphatic rings. The molecule has 0 saturated heterocycles. The van der Waals surface area contributed by atoms with Crippen molar-refractivity contribution < 1.29 is 4.74 Å². The van der Waals surface area contributed by atoms with Crippen molar-refractivity contribution in [3.05, 3.63) is 0 Å². The molecule has 0 spiro atoms. The van der Waals surface area contributed by atoms with Gasteiger partial charge in [0.15, 0.2) is 0 Å². The average Bonchev–Trinajstić information content (AvgIpc) is 2.20. The molecule has 0 rings (SSSR count). The molecule has 0 aromatic heterocycles. The Labute approximate surface area is 98.9 Å². The molecule has 80 valence electrons. The number of halogens is 2. The summed E-state index contributed by atoms with van der Waals surface area (Å²) in [6.45, 7) is 6.03. The minimum absolute atomic E-state index is 0.428. The molecule has 3 heteroatoms. The molecule has 0 bridgehead atoms. The smallest absolute Gasteiger partial charge is 0.0466 e. The van der Waals surface area contributed by atoms with Gasteiger partial charge in [0.05, 0.1) is 0 Å². The summed E-state index contributed by atoms with van der Waals surface area (Å²) in [5.41, 5.74) is 0.428. The zero-order valence-electron chi connectivity index (χ0n) is 8.61. The van der Waals surface area contributed by atoms with Gasteiger partial charge in [0.25, 0.3) is 0 Å². The van der Waals surface area contributed by atoms with Crippen LogP contribution >= 0.6 is 31.9 Å². The Hall–Kier alpha value is 0.920. The maximum absolute atomic E-state index is 5.33. The van der Waals surface area contributed by atoms with E-state index in [0.29, 0.717) is 5.41 Å². The van der Waals surface area contributed by atoms with Crippen LogP contribution in [0.3, 0.4) is 0 Å². The average molecular weight is 316 g/mol. The Morgan fingerprint density at radius 2 is 1.77 bits per heavy atom. The van der Waals surface area contributed by atoms with Gasteiger partial charge in [-0.3, -0.25) is 0 Å². The predicted molar refractivity (Wildman–Crippen MR) is 66.0 cm³/mol. The SMILES string of the molecule is CCOCCCC(CC)(CBr)CBr. The fraction of sp³-hybridized carbons (Fsp3) is 1.00. The standard InChI is InChI=1S/C10H20Br2O/c1-3-10(8-11,9-12)6-5-7-13-4-2/h3-9H2,1-2H3. The molecular formula is C10H20Br2O. The molecule has 0 unspecified atom stereocenters. The van der Waals surface area contributed by atoms with Crippen LogP contribution in [0.15, 0.2) is 0 Å². The second kappa shape index (κ2) is 8.25. The number of ether oxygens (including phenoxy) is 1. The van der Waals surface area contributed by atoms with E-state index in [1.165, 1.54) is 19.3 Å². The second-order valence-electron chi connectivity index (χ2n) is 3.42. The lowest BCUT2D eigenvalue weighted by molar-refractivity contribution is 0.133. The molecule has 0 heterocycles. The molecule has 13 heavy (non-hydrogen) atoms. The lowest BCUT2D eigenvalue weighted by atomic mass is 9.85. The highest BCUT2D eigenvalue weighted by atomic mass is 79.9. The van der Waals surface area contributed by atoms with Crippen molar-refractivity contribution in [2.24, 2.45) is 5.41 Å². The van der Waals surface area contributed by atoms with Crippen LogP contribution in [0.2, 0.25) is 0 Å². The molecule has 0 amide bonds. The van der Waals surface area contributed by atoms with E-state index in [1.54, 1.807) is 0 Å². The van der Waals surface area contributed by atoms with E-state index in [4.69, 9.17) is 4.74 Å². The van der Waals surface area contributed by atoms with Crippen molar-refractivity contribution in [3.8, 4) is 0 Å². The topological polar surface area (TPSA) is 9.23 Å². The van der Waals surface area contributed by atoms with E-state index in [-0.39, 0.29) is 0 Å². The van der Waals surface area contributed by atoms with Crippen LogP contribution < -0.4 is 0 Å². The summed E-state index contributed by atoms with van der Waals surface area (Å²) in [7, 11) is 0. The van der Waals surface area contributed by atoms with E-state index in [1.807, 2.05) is 6.92 Å². The highest BCUT2D eigenvalue weighted by molar-refractivity contribution is 9.09. The van der Waals surface area contributed by atoms with Crippen molar-refractivity contribution >= 4 is 31.9 Å². The summed E-state index contributed by atoms with van der Waals surface area (Å²) in [5.74, 6) is 0. The molecule has 0 N–H and O–H groups in total. The lowest BCUT2D eigenvalue weighted by Crippen LogP contribution is -2.24.